The minimum atomic E-state index is 0.503. The van der Waals surface area contributed by atoms with Crippen molar-refractivity contribution in [2.24, 2.45) is 0 Å². The fraction of sp³-hybridized carbons (Fsp3) is 0. The van der Waals surface area contributed by atoms with E-state index in [9.17, 15) is 10.5 Å². The van der Waals surface area contributed by atoms with E-state index in [0.29, 0.717) is 22.4 Å². The van der Waals surface area contributed by atoms with E-state index in [-0.39, 0.29) is 0 Å². The molecule has 0 saturated heterocycles. The molecule has 3 aromatic heterocycles. The van der Waals surface area contributed by atoms with E-state index in [1.165, 1.54) is 0 Å². The lowest BCUT2D eigenvalue weighted by molar-refractivity contribution is 0.671. The van der Waals surface area contributed by atoms with Crippen LogP contribution in [0.15, 0.2) is 120 Å². The van der Waals surface area contributed by atoms with Crippen LogP contribution in [0.25, 0.3) is 81.8 Å². The number of hydrogen-bond donors (Lipinski definition) is 0. The zero-order valence-electron chi connectivity index (χ0n) is 23.6. The molecule has 0 spiro atoms. The Morgan fingerprint density at radius 1 is 0.533 bits per heavy atom. The Morgan fingerprint density at radius 2 is 1.13 bits per heavy atom. The molecule has 0 N–H and O–H groups in total. The summed E-state index contributed by atoms with van der Waals surface area (Å²) < 4.78 is 10.8. The van der Waals surface area contributed by atoms with Gasteiger partial charge in [0.05, 0.1) is 51.9 Å². The van der Waals surface area contributed by atoms with Gasteiger partial charge in [0.15, 0.2) is 0 Å². The van der Waals surface area contributed by atoms with Crippen LogP contribution in [-0.4, -0.2) is 9.13 Å². The highest BCUT2D eigenvalue weighted by Crippen LogP contribution is 2.41. The molecular formula is C39H19N5O. The average molecular weight is 574 g/mol. The maximum Gasteiger partial charge on any atom is 0.229 e. The summed E-state index contributed by atoms with van der Waals surface area (Å²) in [6, 6.07) is 42.6. The third-order valence-electron chi connectivity index (χ3n) is 8.76. The number of nitrogens with zero attached hydrogens (tertiary/aromatic N) is 5. The monoisotopic (exact) mass is 573 g/mol. The summed E-state index contributed by atoms with van der Waals surface area (Å²) in [5.41, 5.74) is 8.92. The maximum absolute atomic E-state index is 9.61. The minimum absolute atomic E-state index is 0.503. The molecule has 6 aromatic carbocycles. The summed E-state index contributed by atoms with van der Waals surface area (Å²) in [5, 5.41) is 25.2. The van der Waals surface area contributed by atoms with E-state index in [1.807, 2.05) is 48.5 Å². The highest BCUT2D eigenvalue weighted by atomic mass is 16.3. The summed E-state index contributed by atoms with van der Waals surface area (Å²) in [6.07, 6.45) is 0. The van der Waals surface area contributed by atoms with Crippen molar-refractivity contribution in [3.63, 3.8) is 0 Å². The van der Waals surface area contributed by atoms with Crippen LogP contribution in [-0.2, 0) is 0 Å². The third-order valence-corrected chi connectivity index (χ3v) is 8.76. The number of fused-ring (bicyclic) bond motifs is 9. The lowest BCUT2D eigenvalue weighted by Gasteiger charge is -2.13. The second-order valence-electron chi connectivity index (χ2n) is 11.1. The van der Waals surface area contributed by atoms with Crippen LogP contribution in [0.5, 0.6) is 0 Å². The van der Waals surface area contributed by atoms with Crippen LogP contribution in [0.3, 0.4) is 0 Å². The summed E-state index contributed by atoms with van der Waals surface area (Å²) >= 11 is 0. The van der Waals surface area contributed by atoms with Crippen molar-refractivity contribution in [2.45, 2.75) is 0 Å². The van der Waals surface area contributed by atoms with Crippen LogP contribution in [0.4, 0.5) is 5.69 Å². The predicted octanol–water partition coefficient (Wildman–Crippen LogP) is 10.1. The Bertz CT molecular complexity index is 2790. The Hall–Kier alpha value is -6.81. The maximum atomic E-state index is 9.61. The minimum Gasteiger partial charge on any atom is -0.467 e. The van der Waals surface area contributed by atoms with Gasteiger partial charge in [0.2, 0.25) is 5.69 Å². The summed E-state index contributed by atoms with van der Waals surface area (Å²) in [5.74, 6) is 0. The van der Waals surface area contributed by atoms with Crippen LogP contribution in [0.1, 0.15) is 11.1 Å². The number of furan rings is 1. The van der Waals surface area contributed by atoms with E-state index in [1.54, 1.807) is 6.07 Å². The van der Waals surface area contributed by atoms with Crippen molar-refractivity contribution in [3.8, 4) is 23.5 Å². The molecule has 6 heteroatoms. The van der Waals surface area contributed by atoms with Crippen LogP contribution >= 0.6 is 0 Å². The normalized spacial score (nSPS) is 11.5. The third kappa shape index (κ3) is 3.41. The molecule has 0 saturated carbocycles. The SMILES string of the molecule is [C-]#[N+]c1cccc2c1oc1cc3c(cc12)c1ccccc1n3-c1cccc(-n2c3ccc(C#N)cc3c3cc(C#N)ccc32)c1. The van der Waals surface area contributed by atoms with Crippen molar-refractivity contribution < 1.29 is 4.42 Å². The van der Waals surface area contributed by atoms with Gasteiger partial charge in [0, 0.05) is 49.8 Å². The summed E-state index contributed by atoms with van der Waals surface area (Å²) in [6.45, 7) is 7.62. The van der Waals surface area contributed by atoms with E-state index in [0.717, 1.165) is 71.3 Å². The fourth-order valence-electron chi connectivity index (χ4n) is 6.82. The van der Waals surface area contributed by atoms with E-state index in [2.05, 4.69) is 86.8 Å². The molecule has 0 aliphatic rings. The van der Waals surface area contributed by atoms with Crippen molar-refractivity contribution >= 4 is 71.2 Å². The number of para-hydroxylation sites is 2. The number of benzene rings is 6. The van der Waals surface area contributed by atoms with Gasteiger partial charge in [-0.1, -0.05) is 42.5 Å². The lowest BCUT2D eigenvalue weighted by Crippen LogP contribution is -1.98. The number of hydrogen-bond acceptors (Lipinski definition) is 3. The molecule has 0 atom stereocenters. The number of rotatable bonds is 2. The topological polar surface area (TPSA) is 74.9 Å². The Labute approximate surface area is 256 Å². The summed E-state index contributed by atoms with van der Waals surface area (Å²) in [7, 11) is 0. The predicted molar refractivity (Wildman–Crippen MR) is 178 cm³/mol. The van der Waals surface area contributed by atoms with Crippen LogP contribution < -0.4 is 0 Å². The van der Waals surface area contributed by atoms with Crippen LogP contribution in [0.2, 0.25) is 0 Å². The molecule has 206 valence electrons. The van der Waals surface area contributed by atoms with E-state index >= 15 is 0 Å². The van der Waals surface area contributed by atoms with Gasteiger partial charge < -0.3 is 13.6 Å². The first kappa shape index (κ1) is 24.8. The summed E-state index contributed by atoms with van der Waals surface area (Å²) in [4.78, 5) is 3.68. The molecule has 0 radical (unpaired) electrons. The Balaban J connectivity index is 1.34. The molecule has 9 aromatic rings. The first-order chi connectivity index (χ1) is 22.2. The largest absolute Gasteiger partial charge is 0.467 e. The lowest BCUT2D eigenvalue weighted by atomic mass is 10.1. The molecule has 6 nitrogen and oxygen atoms in total. The van der Waals surface area contributed by atoms with Gasteiger partial charge in [-0.25, -0.2) is 4.85 Å². The first-order valence-electron chi connectivity index (χ1n) is 14.4. The molecule has 0 aliphatic heterocycles. The fourth-order valence-corrected chi connectivity index (χ4v) is 6.82. The zero-order chi connectivity index (χ0) is 30.2. The van der Waals surface area contributed by atoms with Crippen molar-refractivity contribution in [1.82, 2.24) is 9.13 Å². The number of aromatic nitrogens is 2. The molecule has 45 heavy (non-hydrogen) atoms. The molecular weight excluding hydrogens is 554 g/mol. The van der Waals surface area contributed by atoms with Crippen molar-refractivity contribution in [1.29, 1.82) is 10.5 Å². The van der Waals surface area contributed by atoms with Gasteiger partial charge in [-0.2, -0.15) is 10.5 Å². The van der Waals surface area contributed by atoms with Gasteiger partial charge in [-0.15, -0.1) is 0 Å². The second kappa shape index (κ2) is 9.09. The Kier molecular flexibility index (Phi) is 5.00. The van der Waals surface area contributed by atoms with Crippen molar-refractivity contribution in [2.75, 3.05) is 0 Å². The standard InChI is InChI=1S/C39H19N5O/c1-42-33-10-5-9-28-32-19-31-27-8-2-3-11-34(27)44(37(31)20-38(32)45-39(28)33)26-7-4-6-25(18-26)43-35-14-12-23(21-40)16-29(35)30-17-24(22-41)13-15-36(30)43/h2-20H. The van der Waals surface area contributed by atoms with Crippen molar-refractivity contribution in [3.05, 3.63) is 138 Å². The smallest absolute Gasteiger partial charge is 0.229 e. The van der Waals surface area contributed by atoms with E-state index in [4.69, 9.17) is 11.0 Å². The molecule has 0 fully saturated rings. The number of nitriles is 2. The highest BCUT2D eigenvalue weighted by molar-refractivity contribution is 6.18. The van der Waals surface area contributed by atoms with Crippen LogP contribution in [0, 0.1) is 29.2 Å². The van der Waals surface area contributed by atoms with E-state index < -0.39 is 0 Å². The second-order valence-corrected chi connectivity index (χ2v) is 11.1. The quantitative estimate of drug-likeness (QED) is 0.193. The molecule has 0 aliphatic carbocycles. The molecule has 9 rings (SSSR count). The average Bonchev–Trinajstić information content (AvgIpc) is 3.73. The molecule has 0 unspecified atom stereocenters. The highest BCUT2D eigenvalue weighted by Gasteiger charge is 2.19. The first-order valence-corrected chi connectivity index (χ1v) is 14.4. The Morgan fingerprint density at radius 3 is 1.82 bits per heavy atom. The molecule has 3 heterocycles. The molecule has 0 amide bonds. The molecule has 0 bridgehead atoms. The zero-order valence-corrected chi connectivity index (χ0v) is 23.6. The van der Waals surface area contributed by atoms with Gasteiger partial charge in [-0.3, -0.25) is 0 Å². The van der Waals surface area contributed by atoms with Gasteiger partial charge in [0.1, 0.15) is 11.2 Å². The van der Waals surface area contributed by atoms with Gasteiger partial charge in [-0.05, 0) is 66.7 Å². The van der Waals surface area contributed by atoms with Gasteiger partial charge in [0.25, 0.3) is 0 Å². The van der Waals surface area contributed by atoms with Gasteiger partial charge >= 0.3 is 0 Å².